The third-order valence-corrected chi connectivity index (χ3v) is 4.10. The summed E-state index contributed by atoms with van der Waals surface area (Å²) >= 11 is 0. The van der Waals surface area contributed by atoms with E-state index in [0.717, 1.165) is 37.4 Å². The van der Waals surface area contributed by atoms with E-state index in [2.05, 4.69) is 25.2 Å². The number of rotatable bonds is 5. The molecule has 1 aliphatic heterocycles. The van der Waals surface area contributed by atoms with E-state index in [1.165, 1.54) is 0 Å². The molecule has 1 amide bonds. The molecule has 120 valence electrons. The van der Waals surface area contributed by atoms with Gasteiger partial charge < -0.3 is 5.32 Å². The summed E-state index contributed by atoms with van der Waals surface area (Å²) < 4.78 is 0. The maximum absolute atomic E-state index is 12.0. The summed E-state index contributed by atoms with van der Waals surface area (Å²) in [5.41, 5.74) is 1.80. The Balaban J connectivity index is 1.45. The molecular weight excluding hydrogens is 290 g/mol. The lowest BCUT2D eigenvalue weighted by Gasteiger charge is -2.16. The summed E-state index contributed by atoms with van der Waals surface area (Å²) in [6.07, 6.45) is 8.15. The maximum atomic E-state index is 12.0. The summed E-state index contributed by atoms with van der Waals surface area (Å²) in [5.74, 6) is 1.26. The number of amides is 1. The first-order chi connectivity index (χ1) is 11.2. The number of nitrogens with one attached hydrogen (secondary N) is 1. The zero-order chi connectivity index (χ0) is 16.1. The number of likely N-dealkylation sites (tertiary alicyclic amines) is 1. The van der Waals surface area contributed by atoms with Crippen molar-refractivity contribution >= 4 is 5.91 Å². The van der Waals surface area contributed by atoms with Crippen molar-refractivity contribution in [3.05, 3.63) is 53.9 Å². The van der Waals surface area contributed by atoms with Gasteiger partial charge in [-0.1, -0.05) is 0 Å². The zero-order valence-corrected chi connectivity index (χ0v) is 13.3. The van der Waals surface area contributed by atoms with Crippen LogP contribution >= 0.6 is 0 Å². The molecule has 1 atom stereocenters. The van der Waals surface area contributed by atoms with Crippen LogP contribution in [-0.4, -0.2) is 45.4 Å². The number of carbonyl (C=O) groups excluding carboxylic acids is 1. The second-order valence-corrected chi connectivity index (χ2v) is 5.97. The van der Waals surface area contributed by atoms with Crippen LogP contribution in [0.2, 0.25) is 0 Å². The molecule has 0 unspecified atom stereocenters. The lowest BCUT2D eigenvalue weighted by atomic mass is 10.1. The molecule has 0 aromatic carbocycles. The Bertz CT molecular complexity index is 644. The van der Waals surface area contributed by atoms with Crippen molar-refractivity contribution in [1.82, 2.24) is 25.2 Å². The van der Waals surface area contributed by atoms with Crippen LogP contribution < -0.4 is 5.32 Å². The van der Waals surface area contributed by atoms with Crippen LogP contribution in [0.3, 0.4) is 0 Å². The van der Waals surface area contributed by atoms with Crippen LogP contribution in [0.25, 0.3) is 0 Å². The van der Waals surface area contributed by atoms with Gasteiger partial charge in [0.15, 0.2) is 0 Å². The van der Waals surface area contributed by atoms with E-state index >= 15 is 0 Å². The standard InChI is InChI=1S/C17H21N5O/c1-13-19-9-15(10-20-13)12-22-7-4-14(11-22)8-21-17(23)16-2-5-18-6-3-16/h2-3,5-6,9-10,14H,4,7-8,11-12H2,1H3,(H,21,23)/t14-/m1/s1. The first kappa shape index (κ1) is 15.6. The summed E-state index contributed by atoms with van der Waals surface area (Å²) in [6, 6.07) is 3.46. The van der Waals surface area contributed by atoms with Crippen molar-refractivity contribution in [2.24, 2.45) is 5.92 Å². The van der Waals surface area contributed by atoms with Crippen molar-refractivity contribution in [2.75, 3.05) is 19.6 Å². The molecule has 1 saturated heterocycles. The number of aryl methyl sites for hydroxylation is 1. The van der Waals surface area contributed by atoms with Crippen LogP contribution in [0.15, 0.2) is 36.9 Å². The summed E-state index contributed by atoms with van der Waals surface area (Å²) in [4.78, 5) is 26.8. The molecule has 1 aliphatic rings. The minimum atomic E-state index is -0.0298. The maximum Gasteiger partial charge on any atom is 0.251 e. The highest BCUT2D eigenvalue weighted by molar-refractivity contribution is 5.93. The van der Waals surface area contributed by atoms with Crippen LogP contribution in [0.4, 0.5) is 0 Å². The Kier molecular flexibility index (Phi) is 4.92. The molecule has 0 bridgehead atoms. The molecule has 3 heterocycles. The summed E-state index contributed by atoms with van der Waals surface area (Å²) in [6.45, 7) is 5.51. The van der Waals surface area contributed by atoms with Gasteiger partial charge in [-0.15, -0.1) is 0 Å². The Labute approximate surface area is 136 Å². The fraction of sp³-hybridized carbons (Fsp3) is 0.412. The molecule has 1 N–H and O–H groups in total. The van der Waals surface area contributed by atoms with Gasteiger partial charge in [-0.3, -0.25) is 14.7 Å². The van der Waals surface area contributed by atoms with E-state index in [4.69, 9.17) is 0 Å². The van der Waals surface area contributed by atoms with E-state index in [9.17, 15) is 4.79 Å². The third kappa shape index (κ3) is 4.32. The van der Waals surface area contributed by atoms with Gasteiger partial charge in [0.2, 0.25) is 0 Å². The van der Waals surface area contributed by atoms with Crippen molar-refractivity contribution in [1.29, 1.82) is 0 Å². The topological polar surface area (TPSA) is 71.0 Å². The smallest absolute Gasteiger partial charge is 0.251 e. The average molecular weight is 311 g/mol. The SMILES string of the molecule is Cc1ncc(CN2CC[C@H](CNC(=O)c3ccncc3)C2)cn1. The Morgan fingerprint density at radius 2 is 2.04 bits per heavy atom. The third-order valence-electron chi connectivity index (χ3n) is 4.10. The fourth-order valence-electron chi connectivity index (χ4n) is 2.82. The van der Waals surface area contributed by atoms with Gasteiger partial charge in [0, 0.05) is 55.5 Å². The van der Waals surface area contributed by atoms with Crippen LogP contribution in [0.5, 0.6) is 0 Å². The predicted octanol–water partition coefficient (Wildman–Crippen LogP) is 1.43. The molecule has 0 saturated carbocycles. The molecule has 6 nitrogen and oxygen atoms in total. The van der Waals surface area contributed by atoms with E-state index in [1.807, 2.05) is 19.3 Å². The lowest BCUT2D eigenvalue weighted by molar-refractivity contribution is 0.0947. The molecular formula is C17H21N5O. The number of carbonyl (C=O) groups is 1. The van der Waals surface area contributed by atoms with E-state index in [1.54, 1.807) is 24.5 Å². The highest BCUT2D eigenvalue weighted by atomic mass is 16.1. The van der Waals surface area contributed by atoms with Crippen molar-refractivity contribution < 1.29 is 4.79 Å². The minimum Gasteiger partial charge on any atom is -0.352 e. The first-order valence-corrected chi connectivity index (χ1v) is 7.89. The second kappa shape index (κ2) is 7.28. The number of pyridine rings is 1. The molecule has 3 rings (SSSR count). The number of nitrogens with zero attached hydrogens (tertiary/aromatic N) is 4. The molecule has 0 aliphatic carbocycles. The molecule has 6 heteroatoms. The van der Waals surface area contributed by atoms with Gasteiger partial charge in [0.1, 0.15) is 5.82 Å². The predicted molar refractivity (Wildman–Crippen MR) is 86.7 cm³/mol. The van der Waals surface area contributed by atoms with E-state index in [-0.39, 0.29) is 5.91 Å². The quantitative estimate of drug-likeness (QED) is 0.904. The molecule has 2 aromatic heterocycles. The molecule has 0 spiro atoms. The lowest BCUT2D eigenvalue weighted by Crippen LogP contribution is -2.31. The Morgan fingerprint density at radius 1 is 1.30 bits per heavy atom. The normalized spacial score (nSPS) is 18.0. The van der Waals surface area contributed by atoms with Gasteiger partial charge in [0.25, 0.3) is 5.91 Å². The Hall–Kier alpha value is -2.34. The van der Waals surface area contributed by atoms with E-state index < -0.39 is 0 Å². The largest absolute Gasteiger partial charge is 0.352 e. The van der Waals surface area contributed by atoms with Crippen molar-refractivity contribution in [3.8, 4) is 0 Å². The van der Waals surface area contributed by atoms with Gasteiger partial charge in [-0.2, -0.15) is 0 Å². The monoisotopic (exact) mass is 311 g/mol. The molecule has 0 radical (unpaired) electrons. The molecule has 1 fully saturated rings. The zero-order valence-electron chi connectivity index (χ0n) is 13.3. The molecule has 23 heavy (non-hydrogen) atoms. The van der Waals surface area contributed by atoms with Gasteiger partial charge in [-0.05, 0) is 37.9 Å². The first-order valence-electron chi connectivity index (χ1n) is 7.89. The number of hydrogen-bond donors (Lipinski definition) is 1. The van der Waals surface area contributed by atoms with Crippen molar-refractivity contribution in [3.63, 3.8) is 0 Å². The average Bonchev–Trinajstić information content (AvgIpc) is 3.03. The van der Waals surface area contributed by atoms with Crippen LogP contribution in [0, 0.1) is 12.8 Å². The highest BCUT2D eigenvalue weighted by Crippen LogP contribution is 2.17. The summed E-state index contributed by atoms with van der Waals surface area (Å²) in [5, 5.41) is 3.01. The second-order valence-electron chi connectivity index (χ2n) is 5.97. The van der Waals surface area contributed by atoms with Gasteiger partial charge in [-0.25, -0.2) is 9.97 Å². The van der Waals surface area contributed by atoms with Gasteiger partial charge in [0.05, 0.1) is 0 Å². The van der Waals surface area contributed by atoms with Gasteiger partial charge >= 0.3 is 0 Å². The van der Waals surface area contributed by atoms with Crippen LogP contribution in [0.1, 0.15) is 28.2 Å². The van der Waals surface area contributed by atoms with Crippen LogP contribution in [-0.2, 0) is 6.54 Å². The minimum absolute atomic E-state index is 0.0298. The summed E-state index contributed by atoms with van der Waals surface area (Å²) in [7, 11) is 0. The Morgan fingerprint density at radius 3 is 2.78 bits per heavy atom. The number of aromatic nitrogens is 3. The van der Waals surface area contributed by atoms with Crippen molar-refractivity contribution in [2.45, 2.75) is 19.9 Å². The highest BCUT2D eigenvalue weighted by Gasteiger charge is 2.23. The van der Waals surface area contributed by atoms with E-state index in [0.29, 0.717) is 18.0 Å². The molecule has 2 aromatic rings. The number of hydrogen-bond acceptors (Lipinski definition) is 5. The fourth-order valence-corrected chi connectivity index (χ4v) is 2.82.